The van der Waals surface area contributed by atoms with E-state index in [1.165, 1.54) is 24.3 Å². The fraction of sp³-hybridized carbons (Fsp3) is 0.0667. The molecule has 0 aliphatic carbocycles. The maximum atomic E-state index is 12.3. The van der Waals surface area contributed by atoms with Gasteiger partial charge in [-0.3, -0.25) is 19.7 Å². The summed E-state index contributed by atoms with van der Waals surface area (Å²) in [6.07, 6.45) is 0. The molecule has 3 N–H and O–H groups in total. The summed E-state index contributed by atoms with van der Waals surface area (Å²) in [7, 11) is 0. The van der Waals surface area contributed by atoms with Gasteiger partial charge in [-0.2, -0.15) is 0 Å². The fourth-order valence-corrected chi connectivity index (χ4v) is 1.98. The van der Waals surface area contributed by atoms with Crippen molar-refractivity contribution < 1.29 is 14.5 Å². The molecule has 2 aromatic carbocycles. The van der Waals surface area contributed by atoms with Gasteiger partial charge >= 0.3 is 0 Å². The molecule has 0 aliphatic rings. The molecule has 0 unspecified atom stereocenters. The van der Waals surface area contributed by atoms with E-state index in [2.05, 4.69) is 5.32 Å². The first-order valence-corrected chi connectivity index (χ1v) is 6.35. The zero-order valence-corrected chi connectivity index (χ0v) is 11.7. The molecule has 0 fully saturated rings. The summed E-state index contributed by atoms with van der Waals surface area (Å²) >= 11 is 0. The van der Waals surface area contributed by atoms with E-state index in [9.17, 15) is 19.7 Å². The van der Waals surface area contributed by atoms with Crippen molar-refractivity contribution in [3.05, 3.63) is 69.3 Å². The average Bonchev–Trinajstić information content (AvgIpc) is 2.48. The molecular formula is C15H13N3O4. The van der Waals surface area contributed by atoms with Crippen LogP contribution in [0.4, 0.5) is 11.4 Å². The standard InChI is InChI=1S/C15H13N3O4/c1-9-6-7-12(13(8-9)18(21)22)17-15(20)11-5-3-2-4-10(11)14(16)19/h2-8H,1H3,(H2,16,19)(H,17,20). The number of hydrogen-bond acceptors (Lipinski definition) is 4. The third-order valence-electron chi connectivity index (χ3n) is 3.04. The lowest BCUT2D eigenvalue weighted by molar-refractivity contribution is -0.384. The van der Waals surface area contributed by atoms with E-state index >= 15 is 0 Å². The monoisotopic (exact) mass is 299 g/mol. The van der Waals surface area contributed by atoms with Gasteiger partial charge in [0.15, 0.2) is 0 Å². The first-order valence-electron chi connectivity index (χ1n) is 6.35. The van der Waals surface area contributed by atoms with Crippen molar-refractivity contribution in [2.45, 2.75) is 6.92 Å². The Labute approximate surface area is 125 Å². The van der Waals surface area contributed by atoms with E-state index in [1.807, 2.05) is 0 Å². The lowest BCUT2D eigenvalue weighted by Gasteiger charge is -2.09. The number of rotatable bonds is 4. The number of primary amides is 1. The van der Waals surface area contributed by atoms with E-state index in [0.29, 0.717) is 5.56 Å². The van der Waals surface area contributed by atoms with E-state index in [0.717, 1.165) is 0 Å². The first-order chi connectivity index (χ1) is 10.4. The van der Waals surface area contributed by atoms with Crippen molar-refractivity contribution in [2.75, 3.05) is 5.32 Å². The highest BCUT2D eigenvalue weighted by molar-refractivity contribution is 6.12. The molecule has 0 aliphatic heterocycles. The van der Waals surface area contributed by atoms with Crippen molar-refractivity contribution in [3.8, 4) is 0 Å². The third-order valence-corrected chi connectivity index (χ3v) is 3.04. The fourth-order valence-electron chi connectivity index (χ4n) is 1.98. The molecule has 2 amide bonds. The van der Waals surface area contributed by atoms with E-state index in [-0.39, 0.29) is 22.5 Å². The van der Waals surface area contributed by atoms with Gasteiger partial charge in [-0.25, -0.2) is 0 Å². The van der Waals surface area contributed by atoms with Gasteiger partial charge in [0.25, 0.3) is 11.6 Å². The Morgan fingerprint density at radius 3 is 2.36 bits per heavy atom. The van der Waals surface area contributed by atoms with Crippen molar-refractivity contribution >= 4 is 23.2 Å². The maximum Gasteiger partial charge on any atom is 0.293 e. The number of benzene rings is 2. The molecule has 7 heteroatoms. The Kier molecular flexibility index (Phi) is 4.17. The second kappa shape index (κ2) is 6.04. The summed E-state index contributed by atoms with van der Waals surface area (Å²) < 4.78 is 0. The minimum absolute atomic E-state index is 0.0507. The van der Waals surface area contributed by atoms with Crippen LogP contribution in [-0.2, 0) is 0 Å². The molecule has 0 saturated carbocycles. The highest BCUT2D eigenvalue weighted by Gasteiger charge is 2.19. The second-order valence-corrected chi connectivity index (χ2v) is 4.64. The number of nitrogens with two attached hydrogens (primary N) is 1. The van der Waals surface area contributed by atoms with E-state index in [1.54, 1.807) is 25.1 Å². The number of anilines is 1. The van der Waals surface area contributed by atoms with Crippen LogP contribution in [0, 0.1) is 17.0 Å². The summed E-state index contributed by atoms with van der Waals surface area (Å²) in [5.41, 5.74) is 5.86. The van der Waals surface area contributed by atoms with Gasteiger partial charge in [0.2, 0.25) is 5.91 Å². The van der Waals surface area contributed by atoms with Gasteiger partial charge in [0.05, 0.1) is 16.1 Å². The molecule has 112 valence electrons. The van der Waals surface area contributed by atoms with Gasteiger partial charge in [-0.1, -0.05) is 18.2 Å². The van der Waals surface area contributed by atoms with Gasteiger partial charge in [-0.15, -0.1) is 0 Å². The molecule has 0 saturated heterocycles. The number of carbonyl (C=O) groups excluding carboxylic acids is 2. The van der Waals surface area contributed by atoms with E-state index in [4.69, 9.17) is 5.73 Å². The lowest BCUT2D eigenvalue weighted by atomic mass is 10.1. The Bertz CT molecular complexity index is 771. The molecule has 0 spiro atoms. The molecule has 22 heavy (non-hydrogen) atoms. The summed E-state index contributed by atoms with van der Waals surface area (Å²) in [4.78, 5) is 34.1. The number of nitrogens with zero attached hydrogens (tertiary/aromatic N) is 1. The van der Waals surface area contributed by atoms with Crippen molar-refractivity contribution in [1.82, 2.24) is 0 Å². The summed E-state index contributed by atoms with van der Waals surface area (Å²) in [6, 6.07) is 10.4. The van der Waals surface area contributed by atoms with Gasteiger partial charge in [-0.05, 0) is 30.7 Å². The predicted octanol–water partition coefficient (Wildman–Crippen LogP) is 2.25. The number of nitro groups is 1. The Hall–Kier alpha value is -3.22. The van der Waals surface area contributed by atoms with Crippen LogP contribution in [0.5, 0.6) is 0 Å². The Balaban J connectivity index is 2.38. The molecule has 2 aromatic rings. The van der Waals surface area contributed by atoms with Crippen LogP contribution in [-0.4, -0.2) is 16.7 Å². The van der Waals surface area contributed by atoms with Crippen LogP contribution < -0.4 is 11.1 Å². The minimum Gasteiger partial charge on any atom is -0.366 e. The minimum atomic E-state index is -0.746. The number of carbonyl (C=O) groups is 2. The largest absolute Gasteiger partial charge is 0.366 e. The number of nitro benzene ring substituents is 1. The van der Waals surface area contributed by atoms with Gasteiger partial charge < -0.3 is 11.1 Å². The number of hydrogen-bond donors (Lipinski definition) is 2. The third kappa shape index (κ3) is 3.09. The van der Waals surface area contributed by atoms with Crippen LogP contribution in [0.25, 0.3) is 0 Å². The predicted molar refractivity (Wildman–Crippen MR) is 80.7 cm³/mol. The molecule has 0 bridgehead atoms. The molecule has 2 rings (SSSR count). The smallest absolute Gasteiger partial charge is 0.293 e. The molecule has 0 heterocycles. The van der Waals surface area contributed by atoms with Crippen molar-refractivity contribution in [2.24, 2.45) is 5.73 Å². The van der Waals surface area contributed by atoms with Gasteiger partial charge in [0.1, 0.15) is 5.69 Å². The highest BCUT2D eigenvalue weighted by atomic mass is 16.6. The molecule has 0 radical (unpaired) electrons. The molecular weight excluding hydrogens is 286 g/mol. The maximum absolute atomic E-state index is 12.3. The number of aryl methyl sites for hydroxylation is 1. The van der Waals surface area contributed by atoms with Crippen LogP contribution in [0.3, 0.4) is 0 Å². The molecule has 0 atom stereocenters. The Morgan fingerprint density at radius 2 is 1.77 bits per heavy atom. The number of amides is 2. The summed E-state index contributed by atoms with van der Waals surface area (Å²) in [5.74, 6) is -1.38. The topological polar surface area (TPSA) is 115 Å². The van der Waals surface area contributed by atoms with Crippen molar-refractivity contribution in [3.63, 3.8) is 0 Å². The highest BCUT2D eigenvalue weighted by Crippen LogP contribution is 2.26. The van der Waals surface area contributed by atoms with E-state index < -0.39 is 16.7 Å². The Morgan fingerprint density at radius 1 is 1.14 bits per heavy atom. The zero-order chi connectivity index (χ0) is 16.3. The molecule has 0 aromatic heterocycles. The van der Waals surface area contributed by atoms with Crippen LogP contribution in [0.2, 0.25) is 0 Å². The normalized spacial score (nSPS) is 10.0. The molecule has 7 nitrogen and oxygen atoms in total. The van der Waals surface area contributed by atoms with Crippen molar-refractivity contribution in [1.29, 1.82) is 0 Å². The van der Waals surface area contributed by atoms with Crippen LogP contribution in [0.1, 0.15) is 26.3 Å². The quantitative estimate of drug-likeness (QED) is 0.665. The first kappa shape index (κ1) is 15.2. The van der Waals surface area contributed by atoms with Crippen LogP contribution in [0.15, 0.2) is 42.5 Å². The zero-order valence-electron chi connectivity index (χ0n) is 11.7. The lowest BCUT2D eigenvalue weighted by Crippen LogP contribution is -2.20. The summed E-state index contributed by atoms with van der Waals surface area (Å²) in [6.45, 7) is 1.71. The SMILES string of the molecule is Cc1ccc(NC(=O)c2ccccc2C(N)=O)c([N+](=O)[O-])c1. The van der Waals surface area contributed by atoms with Gasteiger partial charge in [0, 0.05) is 6.07 Å². The summed E-state index contributed by atoms with van der Waals surface area (Å²) in [5, 5.41) is 13.5. The second-order valence-electron chi connectivity index (χ2n) is 4.64. The number of nitrogens with one attached hydrogen (secondary N) is 1. The average molecular weight is 299 g/mol. The van der Waals surface area contributed by atoms with Crippen LogP contribution >= 0.6 is 0 Å².